The maximum atomic E-state index is 5.45. The van der Waals surface area contributed by atoms with Gasteiger partial charge in [0.15, 0.2) is 5.82 Å². The van der Waals surface area contributed by atoms with Crippen LogP contribution < -0.4 is 0 Å². The first-order chi connectivity index (χ1) is 26.8. The van der Waals surface area contributed by atoms with E-state index in [4.69, 9.17) is 19.9 Å². The average Bonchev–Trinajstić information content (AvgIpc) is 3.77. The molecule has 6 heteroatoms. The molecule has 0 N–H and O–H groups in total. The second-order valence-electron chi connectivity index (χ2n) is 13.7. The molecule has 6 aromatic carbocycles. The number of hydrogen-bond acceptors (Lipinski definition) is 4. The molecule has 254 valence electrons. The first-order valence-corrected chi connectivity index (χ1v) is 18.4. The molecule has 54 heavy (non-hydrogen) atoms. The number of rotatable bonds is 5. The summed E-state index contributed by atoms with van der Waals surface area (Å²) in [4.78, 5) is 21.4. The highest BCUT2D eigenvalue weighted by atomic mass is 15.2. The molecule has 4 aromatic heterocycles. The predicted octanol–water partition coefficient (Wildman–Crippen LogP) is 11.7. The van der Waals surface area contributed by atoms with E-state index in [0.29, 0.717) is 17.3 Å². The van der Waals surface area contributed by atoms with E-state index < -0.39 is 0 Å². The van der Waals surface area contributed by atoms with Crippen LogP contribution in [-0.4, -0.2) is 29.1 Å². The van der Waals surface area contributed by atoms with Crippen LogP contribution in [0.25, 0.3) is 94.4 Å². The van der Waals surface area contributed by atoms with Gasteiger partial charge in [0.05, 0.1) is 22.1 Å². The number of hydrogen-bond donors (Lipinski definition) is 0. The Balaban J connectivity index is 1.27. The van der Waals surface area contributed by atoms with Gasteiger partial charge in [-0.3, -0.25) is 4.57 Å². The van der Waals surface area contributed by atoms with Crippen LogP contribution >= 0.6 is 0 Å². The summed E-state index contributed by atoms with van der Waals surface area (Å²) in [5.74, 6) is 1.25. The maximum Gasteiger partial charge on any atom is 0.236 e. The van der Waals surface area contributed by atoms with E-state index in [1.54, 1.807) is 0 Å². The van der Waals surface area contributed by atoms with Crippen molar-refractivity contribution in [3.8, 4) is 34.2 Å². The number of fused-ring (bicyclic) bond motifs is 8. The number of para-hydroxylation sites is 3. The third kappa shape index (κ3) is 4.67. The molecule has 0 bridgehead atoms. The SMILES string of the molecule is C1=CC(c2nc(-c3ccccc3)c3nc(-n4c5ccccc5c5c6c7ccccc7n(-c7ccccc7)c6ccc54)nc(-c4ccccc4)c3n2)=CCC1. The quantitative estimate of drug-likeness (QED) is 0.180. The molecule has 0 atom stereocenters. The molecule has 0 spiro atoms. The fraction of sp³-hybridized carbons (Fsp3) is 0.0417. The van der Waals surface area contributed by atoms with E-state index in [1.807, 2.05) is 24.3 Å². The van der Waals surface area contributed by atoms with Gasteiger partial charge in [0.2, 0.25) is 5.95 Å². The summed E-state index contributed by atoms with van der Waals surface area (Å²) < 4.78 is 4.59. The van der Waals surface area contributed by atoms with Gasteiger partial charge in [0.1, 0.15) is 22.4 Å². The van der Waals surface area contributed by atoms with Gasteiger partial charge in [-0.15, -0.1) is 0 Å². The monoisotopic (exact) mass is 692 g/mol. The Morgan fingerprint density at radius 2 is 0.963 bits per heavy atom. The van der Waals surface area contributed by atoms with Crippen LogP contribution in [0.15, 0.2) is 170 Å². The molecule has 0 amide bonds. The molecule has 0 saturated carbocycles. The molecule has 0 fully saturated rings. The lowest BCUT2D eigenvalue weighted by Crippen LogP contribution is -2.07. The van der Waals surface area contributed by atoms with Crippen molar-refractivity contribution in [2.75, 3.05) is 0 Å². The number of nitrogens with zero attached hydrogens (tertiary/aromatic N) is 6. The van der Waals surface area contributed by atoms with E-state index >= 15 is 0 Å². The summed E-state index contributed by atoms with van der Waals surface area (Å²) >= 11 is 0. The molecule has 4 heterocycles. The van der Waals surface area contributed by atoms with Crippen molar-refractivity contribution in [3.63, 3.8) is 0 Å². The third-order valence-corrected chi connectivity index (χ3v) is 10.6. The van der Waals surface area contributed by atoms with Crippen LogP contribution in [0.4, 0.5) is 0 Å². The maximum absolute atomic E-state index is 5.45. The zero-order valence-electron chi connectivity index (χ0n) is 29.3. The summed E-state index contributed by atoms with van der Waals surface area (Å²) in [5, 5.41) is 4.72. The number of aromatic nitrogens is 6. The second-order valence-corrected chi connectivity index (χ2v) is 13.7. The van der Waals surface area contributed by atoms with Gasteiger partial charge in [-0.1, -0.05) is 133 Å². The van der Waals surface area contributed by atoms with Gasteiger partial charge >= 0.3 is 0 Å². The minimum absolute atomic E-state index is 0.573. The van der Waals surface area contributed by atoms with E-state index in [1.165, 1.54) is 21.7 Å². The summed E-state index contributed by atoms with van der Waals surface area (Å²) in [6.45, 7) is 0. The first kappa shape index (κ1) is 30.4. The largest absolute Gasteiger partial charge is 0.309 e. The van der Waals surface area contributed by atoms with Crippen molar-refractivity contribution in [1.82, 2.24) is 29.1 Å². The van der Waals surface area contributed by atoms with Crippen LogP contribution in [0, 0.1) is 0 Å². The zero-order chi connectivity index (χ0) is 35.6. The van der Waals surface area contributed by atoms with Gasteiger partial charge in [0.25, 0.3) is 0 Å². The molecule has 11 rings (SSSR count). The fourth-order valence-electron chi connectivity index (χ4n) is 8.20. The molecule has 0 aliphatic heterocycles. The van der Waals surface area contributed by atoms with Gasteiger partial charge in [-0.25, -0.2) is 19.9 Å². The summed E-state index contributed by atoms with van der Waals surface area (Å²) in [7, 11) is 0. The molecule has 10 aromatic rings. The Hall–Kier alpha value is -7.18. The molecule has 1 aliphatic carbocycles. The van der Waals surface area contributed by atoms with E-state index in [0.717, 1.165) is 74.1 Å². The van der Waals surface area contributed by atoms with Gasteiger partial charge in [-0.2, -0.15) is 0 Å². The topological polar surface area (TPSA) is 61.4 Å². The second kappa shape index (κ2) is 12.2. The Bertz CT molecular complexity index is 3140. The lowest BCUT2D eigenvalue weighted by atomic mass is 10.0. The van der Waals surface area contributed by atoms with Crippen molar-refractivity contribution in [2.24, 2.45) is 0 Å². The molecule has 1 aliphatic rings. The van der Waals surface area contributed by atoms with Crippen LogP contribution in [0.3, 0.4) is 0 Å². The summed E-state index contributed by atoms with van der Waals surface area (Å²) in [6, 6.07) is 53.0. The van der Waals surface area contributed by atoms with Crippen LogP contribution in [0.5, 0.6) is 0 Å². The standard InChI is InChI=1S/C48H32N6/c1-5-17-31(18-6-1)43-46-45(50-47(49-43)33-21-9-3-10-22-33)44(32-19-7-2-8-20-32)51-48(52-46)54-38-28-16-14-26-36(38)42-40(54)30-29-39-41(42)35-25-13-15-27-37(35)53(39)34-23-11-4-12-24-34/h1-2,4-9,11-30H,3,10H2. The molecule has 0 unspecified atom stereocenters. The normalized spacial score (nSPS) is 13.1. The smallest absolute Gasteiger partial charge is 0.236 e. The van der Waals surface area contributed by atoms with Gasteiger partial charge < -0.3 is 4.57 Å². The van der Waals surface area contributed by atoms with Crippen LogP contribution in [0.2, 0.25) is 0 Å². The van der Waals surface area contributed by atoms with Crippen molar-refractivity contribution >= 4 is 60.2 Å². The van der Waals surface area contributed by atoms with Crippen molar-refractivity contribution in [2.45, 2.75) is 12.8 Å². The summed E-state index contributed by atoms with van der Waals surface area (Å²) in [6.07, 6.45) is 8.52. The number of allylic oxidation sites excluding steroid dienone is 4. The highest BCUT2D eigenvalue weighted by Gasteiger charge is 2.24. The Labute approximate surface area is 311 Å². The van der Waals surface area contributed by atoms with E-state index in [2.05, 4.69) is 155 Å². The lowest BCUT2D eigenvalue weighted by Gasteiger charge is -2.15. The van der Waals surface area contributed by atoms with Crippen molar-refractivity contribution < 1.29 is 0 Å². The molecular formula is C48H32N6. The highest BCUT2D eigenvalue weighted by molar-refractivity contribution is 6.28. The molecule has 0 saturated heterocycles. The fourth-order valence-corrected chi connectivity index (χ4v) is 8.20. The Morgan fingerprint density at radius 1 is 0.426 bits per heavy atom. The minimum Gasteiger partial charge on any atom is -0.309 e. The Kier molecular flexibility index (Phi) is 6.89. The van der Waals surface area contributed by atoms with Crippen LogP contribution in [0.1, 0.15) is 18.7 Å². The van der Waals surface area contributed by atoms with Crippen molar-refractivity contribution in [1.29, 1.82) is 0 Å². The average molecular weight is 693 g/mol. The summed E-state index contributed by atoms with van der Waals surface area (Å²) in [5.41, 5.74) is 11.5. The van der Waals surface area contributed by atoms with E-state index in [9.17, 15) is 0 Å². The predicted molar refractivity (Wildman–Crippen MR) is 221 cm³/mol. The first-order valence-electron chi connectivity index (χ1n) is 18.4. The Morgan fingerprint density at radius 3 is 1.59 bits per heavy atom. The third-order valence-electron chi connectivity index (χ3n) is 10.6. The lowest BCUT2D eigenvalue weighted by molar-refractivity contribution is 1.000. The molecule has 0 radical (unpaired) electrons. The van der Waals surface area contributed by atoms with E-state index in [-0.39, 0.29) is 0 Å². The van der Waals surface area contributed by atoms with Gasteiger partial charge in [0, 0.05) is 43.9 Å². The molecule has 6 nitrogen and oxygen atoms in total. The zero-order valence-corrected chi connectivity index (χ0v) is 29.3. The van der Waals surface area contributed by atoms with Crippen molar-refractivity contribution in [3.05, 3.63) is 176 Å². The van der Waals surface area contributed by atoms with Gasteiger partial charge in [-0.05, 0) is 49.2 Å². The molecular weight excluding hydrogens is 661 g/mol. The number of benzene rings is 6. The highest BCUT2D eigenvalue weighted by Crippen LogP contribution is 2.43. The minimum atomic E-state index is 0.573. The van der Waals surface area contributed by atoms with Crippen LogP contribution in [-0.2, 0) is 0 Å².